The fraction of sp³-hybridized carbons (Fsp3) is 0.571. The van der Waals surface area contributed by atoms with Crippen LogP contribution in [-0.4, -0.2) is 62.0 Å². The number of nitrogens with one attached hydrogen (secondary N) is 2. The molecule has 2 rings (SSSR count). The van der Waals surface area contributed by atoms with E-state index in [1.165, 1.54) is 4.90 Å². The third kappa shape index (κ3) is 4.87. The molecule has 1 aliphatic rings. The van der Waals surface area contributed by atoms with Gasteiger partial charge in [-0.15, -0.1) is 0 Å². The predicted molar refractivity (Wildman–Crippen MR) is 85.6 cm³/mol. The van der Waals surface area contributed by atoms with E-state index in [1.807, 2.05) is 18.2 Å². The highest BCUT2D eigenvalue weighted by molar-refractivity contribution is 7.91. The highest BCUT2D eigenvalue weighted by Gasteiger charge is 2.32. The molecule has 0 aliphatic carbocycles. The van der Waals surface area contributed by atoms with E-state index in [9.17, 15) is 13.2 Å². The lowest BCUT2D eigenvalue weighted by molar-refractivity contribution is 0.195. The molecule has 0 radical (unpaired) electrons. The number of nitrogens with zero attached hydrogens (tertiary/aromatic N) is 2. The van der Waals surface area contributed by atoms with Gasteiger partial charge in [0.1, 0.15) is 5.82 Å². The SMILES string of the molecule is CN(C(=O)NCCCNc1ccccn1)[C@H]1CCS(=O)(=O)C1. The summed E-state index contributed by atoms with van der Waals surface area (Å²) in [5.41, 5.74) is 0. The van der Waals surface area contributed by atoms with Crippen molar-refractivity contribution >= 4 is 21.7 Å². The fourth-order valence-corrected chi connectivity index (χ4v) is 4.11. The van der Waals surface area contributed by atoms with Crippen molar-refractivity contribution in [2.75, 3.05) is 37.0 Å². The van der Waals surface area contributed by atoms with Gasteiger partial charge in [0.05, 0.1) is 11.5 Å². The molecule has 0 aromatic carbocycles. The molecule has 2 amide bonds. The monoisotopic (exact) mass is 326 g/mol. The zero-order chi connectivity index (χ0) is 16.0. The smallest absolute Gasteiger partial charge is 0.317 e. The van der Waals surface area contributed by atoms with Crippen molar-refractivity contribution in [1.82, 2.24) is 15.2 Å². The van der Waals surface area contributed by atoms with Crippen LogP contribution in [0.25, 0.3) is 0 Å². The second-order valence-electron chi connectivity index (χ2n) is 5.40. The van der Waals surface area contributed by atoms with Crippen LogP contribution in [0.5, 0.6) is 0 Å². The molecule has 7 nitrogen and oxygen atoms in total. The Balaban J connectivity index is 1.63. The first-order chi connectivity index (χ1) is 10.5. The third-order valence-corrected chi connectivity index (χ3v) is 5.43. The summed E-state index contributed by atoms with van der Waals surface area (Å²) in [7, 11) is -1.33. The molecule has 2 N–H and O–H groups in total. The minimum atomic E-state index is -2.97. The van der Waals surface area contributed by atoms with E-state index in [0.717, 1.165) is 12.2 Å². The number of amides is 2. The molecule has 1 fully saturated rings. The zero-order valence-electron chi connectivity index (χ0n) is 12.7. The number of hydrogen-bond acceptors (Lipinski definition) is 5. The molecule has 0 saturated carbocycles. The number of sulfone groups is 1. The second-order valence-corrected chi connectivity index (χ2v) is 7.62. The molecule has 8 heteroatoms. The Bertz CT molecular complexity index is 591. The molecule has 1 aliphatic heterocycles. The minimum absolute atomic E-state index is 0.0676. The molecule has 1 atom stereocenters. The summed E-state index contributed by atoms with van der Waals surface area (Å²) in [6, 6.07) is 5.20. The first-order valence-electron chi connectivity index (χ1n) is 7.34. The van der Waals surface area contributed by atoms with Crippen LogP contribution < -0.4 is 10.6 Å². The maximum atomic E-state index is 12.0. The predicted octanol–water partition coefficient (Wildman–Crippen LogP) is 0.712. The average Bonchev–Trinajstić information content (AvgIpc) is 2.87. The summed E-state index contributed by atoms with van der Waals surface area (Å²) in [5, 5.41) is 5.96. The highest BCUT2D eigenvalue weighted by atomic mass is 32.2. The molecule has 1 saturated heterocycles. The molecular weight excluding hydrogens is 304 g/mol. The normalized spacial score (nSPS) is 19.6. The van der Waals surface area contributed by atoms with Gasteiger partial charge in [-0.25, -0.2) is 18.2 Å². The topological polar surface area (TPSA) is 91.4 Å². The Morgan fingerprint density at radius 2 is 2.23 bits per heavy atom. The van der Waals surface area contributed by atoms with Gasteiger partial charge >= 0.3 is 6.03 Å². The number of rotatable bonds is 6. The van der Waals surface area contributed by atoms with Gasteiger partial charge in [-0.3, -0.25) is 0 Å². The van der Waals surface area contributed by atoms with Crippen molar-refractivity contribution in [1.29, 1.82) is 0 Å². The molecule has 0 spiro atoms. The highest BCUT2D eigenvalue weighted by Crippen LogP contribution is 2.16. The molecule has 1 aromatic heterocycles. The van der Waals surface area contributed by atoms with Crippen LogP contribution in [0.3, 0.4) is 0 Å². The van der Waals surface area contributed by atoms with Gasteiger partial charge in [0.2, 0.25) is 0 Å². The number of urea groups is 1. The maximum Gasteiger partial charge on any atom is 0.317 e. The van der Waals surface area contributed by atoms with Crippen molar-refractivity contribution in [3.05, 3.63) is 24.4 Å². The number of hydrogen-bond donors (Lipinski definition) is 2. The minimum Gasteiger partial charge on any atom is -0.370 e. The van der Waals surface area contributed by atoms with E-state index in [4.69, 9.17) is 0 Å². The van der Waals surface area contributed by atoms with Crippen LogP contribution >= 0.6 is 0 Å². The summed E-state index contributed by atoms with van der Waals surface area (Å²) in [4.78, 5) is 17.6. The van der Waals surface area contributed by atoms with Gasteiger partial charge in [0, 0.05) is 32.4 Å². The Morgan fingerprint density at radius 1 is 1.41 bits per heavy atom. The third-order valence-electron chi connectivity index (χ3n) is 3.68. The fourth-order valence-electron chi connectivity index (χ4n) is 2.34. The Labute approximate surface area is 131 Å². The van der Waals surface area contributed by atoms with Crippen molar-refractivity contribution in [3.63, 3.8) is 0 Å². The molecule has 22 heavy (non-hydrogen) atoms. The van der Waals surface area contributed by atoms with E-state index in [0.29, 0.717) is 19.5 Å². The van der Waals surface area contributed by atoms with Crippen molar-refractivity contribution in [2.24, 2.45) is 0 Å². The van der Waals surface area contributed by atoms with E-state index in [-0.39, 0.29) is 23.6 Å². The first kappa shape index (κ1) is 16.5. The van der Waals surface area contributed by atoms with E-state index in [2.05, 4.69) is 15.6 Å². The van der Waals surface area contributed by atoms with Crippen LogP contribution in [0.1, 0.15) is 12.8 Å². The number of aromatic nitrogens is 1. The van der Waals surface area contributed by atoms with Gasteiger partial charge in [-0.05, 0) is 25.0 Å². The number of carbonyl (C=O) groups excluding carboxylic acids is 1. The van der Waals surface area contributed by atoms with E-state index in [1.54, 1.807) is 13.2 Å². The van der Waals surface area contributed by atoms with Gasteiger partial charge in [-0.1, -0.05) is 6.07 Å². The van der Waals surface area contributed by atoms with Gasteiger partial charge in [0.25, 0.3) is 0 Å². The molecule has 0 bridgehead atoms. The molecule has 1 aromatic rings. The van der Waals surface area contributed by atoms with Gasteiger partial charge in [-0.2, -0.15) is 0 Å². The van der Waals surface area contributed by atoms with Crippen molar-refractivity contribution < 1.29 is 13.2 Å². The van der Waals surface area contributed by atoms with Crippen molar-refractivity contribution in [3.8, 4) is 0 Å². The van der Waals surface area contributed by atoms with Crippen LogP contribution in [0.2, 0.25) is 0 Å². The quantitative estimate of drug-likeness (QED) is 0.751. The second kappa shape index (κ2) is 7.44. The van der Waals surface area contributed by atoms with Gasteiger partial charge < -0.3 is 15.5 Å². The number of pyridine rings is 1. The molecule has 122 valence electrons. The molecule has 2 heterocycles. The Kier molecular flexibility index (Phi) is 5.59. The standard InChI is InChI=1S/C14H22N4O3S/c1-18(12-6-10-22(20,21)11-12)14(19)17-9-4-8-16-13-5-2-3-7-15-13/h2-3,5,7,12H,4,6,8-11H2,1H3,(H,15,16)(H,17,19)/t12-/m0/s1. The maximum absolute atomic E-state index is 12.0. The lowest BCUT2D eigenvalue weighted by Gasteiger charge is -2.23. The Hall–Kier alpha value is -1.83. The summed E-state index contributed by atoms with van der Waals surface area (Å²) in [6.07, 6.45) is 3.00. The van der Waals surface area contributed by atoms with Crippen LogP contribution in [0.15, 0.2) is 24.4 Å². The average molecular weight is 326 g/mol. The summed E-state index contributed by atoms with van der Waals surface area (Å²) >= 11 is 0. The molecule has 0 unspecified atom stereocenters. The number of carbonyl (C=O) groups is 1. The lowest BCUT2D eigenvalue weighted by Crippen LogP contribution is -2.44. The van der Waals surface area contributed by atoms with Crippen LogP contribution in [0, 0.1) is 0 Å². The van der Waals surface area contributed by atoms with E-state index < -0.39 is 9.84 Å². The van der Waals surface area contributed by atoms with Crippen LogP contribution in [0.4, 0.5) is 10.6 Å². The van der Waals surface area contributed by atoms with Crippen LogP contribution in [-0.2, 0) is 9.84 Å². The van der Waals surface area contributed by atoms with E-state index >= 15 is 0 Å². The first-order valence-corrected chi connectivity index (χ1v) is 9.16. The summed E-state index contributed by atoms with van der Waals surface area (Å²) in [5.74, 6) is 1.05. The molecular formula is C14H22N4O3S. The van der Waals surface area contributed by atoms with Gasteiger partial charge in [0.15, 0.2) is 9.84 Å². The largest absolute Gasteiger partial charge is 0.370 e. The zero-order valence-corrected chi connectivity index (χ0v) is 13.5. The summed E-state index contributed by atoms with van der Waals surface area (Å²) in [6.45, 7) is 1.24. The lowest BCUT2D eigenvalue weighted by atomic mass is 10.2. The Morgan fingerprint density at radius 3 is 2.86 bits per heavy atom. The number of anilines is 1. The van der Waals surface area contributed by atoms with Crippen molar-refractivity contribution in [2.45, 2.75) is 18.9 Å². The summed E-state index contributed by atoms with van der Waals surface area (Å²) < 4.78 is 22.9.